The van der Waals surface area contributed by atoms with Crippen LogP contribution in [0.1, 0.15) is 22.3 Å². The van der Waals surface area contributed by atoms with E-state index < -0.39 is 5.54 Å². The van der Waals surface area contributed by atoms with Crippen LogP contribution in [0.4, 0.5) is 0 Å². The molecule has 17 heavy (non-hydrogen) atoms. The number of methoxy groups -OCH3 is 1. The molecule has 3 nitrogen and oxygen atoms in total. The van der Waals surface area contributed by atoms with Crippen LogP contribution < -0.4 is 10.5 Å². The third-order valence-corrected chi connectivity index (χ3v) is 4.15. The van der Waals surface area contributed by atoms with Crippen LogP contribution in [0.15, 0.2) is 0 Å². The molecule has 1 saturated heterocycles. The van der Waals surface area contributed by atoms with Gasteiger partial charge in [-0.1, -0.05) is 11.6 Å². The lowest BCUT2D eigenvalue weighted by Crippen LogP contribution is -2.55. The van der Waals surface area contributed by atoms with E-state index in [-0.39, 0.29) is 0 Å². The molecule has 1 aromatic rings. The molecular formula is C13H18ClNO2. The van der Waals surface area contributed by atoms with Crippen LogP contribution in [-0.4, -0.2) is 20.3 Å². The van der Waals surface area contributed by atoms with Gasteiger partial charge in [0.2, 0.25) is 0 Å². The Morgan fingerprint density at radius 2 is 1.76 bits per heavy atom. The van der Waals surface area contributed by atoms with Crippen LogP contribution >= 0.6 is 11.6 Å². The second kappa shape index (κ2) is 4.16. The smallest absolute Gasteiger partial charge is 0.127 e. The zero-order valence-electron chi connectivity index (χ0n) is 10.7. The highest BCUT2D eigenvalue weighted by molar-refractivity contribution is 6.32. The quantitative estimate of drug-likeness (QED) is 0.883. The van der Waals surface area contributed by atoms with Gasteiger partial charge in [0, 0.05) is 10.6 Å². The van der Waals surface area contributed by atoms with Gasteiger partial charge < -0.3 is 15.2 Å². The number of benzene rings is 1. The molecule has 1 heterocycles. The van der Waals surface area contributed by atoms with Gasteiger partial charge in [-0.05, 0) is 37.5 Å². The third kappa shape index (κ3) is 1.73. The van der Waals surface area contributed by atoms with Gasteiger partial charge in [0.25, 0.3) is 0 Å². The van der Waals surface area contributed by atoms with Gasteiger partial charge >= 0.3 is 0 Å². The van der Waals surface area contributed by atoms with Gasteiger partial charge in [0.05, 0.1) is 25.9 Å². The summed E-state index contributed by atoms with van der Waals surface area (Å²) in [7, 11) is 1.67. The van der Waals surface area contributed by atoms with Crippen molar-refractivity contribution in [1.29, 1.82) is 0 Å². The second-order valence-electron chi connectivity index (χ2n) is 4.75. The van der Waals surface area contributed by atoms with Gasteiger partial charge in [-0.15, -0.1) is 0 Å². The van der Waals surface area contributed by atoms with Gasteiger partial charge in [0.1, 0.15) is 5.75 Å². The first-order valence-electron chi connectivity index (χ1n) is 5.62. The fraction of sp³-hybridized carbons (Fsp3) is 0.538. The molecule has 1 fully saturated rings. The van der Waals surface area contributed by atoms with Gasteiger partial charge in [-0.25, -0.2) is 0 Å². The van der Waals surface area contributed by atoms with E-state index in [1.54, 1.807) is 7.11 Å². The van der Waals surface area contributed by atoms with E-state index in [9.17, 15) is 0 Å². The predicted octanol–water partition coefficient (Wildman–Crippen LogP) is 2.46. The summed E-state index contributed by atoms with van der Waals surface area (Å²) in [5, 5.41) is 0.773. The van der Waals surface area contributed by atoms with Crippen molar-refractivity contribution < 1.29 is 9.47 Å². The molecule has 0 amide bonds. The molecule has 94 valence electrons. The van der Waals surface area contributed by atoms with Crippen LogP contribution in [0.25, 0.3) is 0 Å². The van der Waals surface area contributed by atoms with E-state index in [0.29, 0.717) is 13.2 Å². The lowest BCUT2D eigenvalue weighted by molar-refractivity contribution is -0.0581. The van der Waals surface area contributed by atoms with Gasteiger partial charge in [-0.2, -0.15) is 0 Å². The summed E-state index contributed by atoms with van der Waals surface area (Å²) in [5.41, 5.74) is 9.95. The first kappa shape index (κ1) is 12.7. The first-order chi connectivity index (χ1) is 7.92. The summed E-state index contributed by atoms with van der Waals surface area (Å²) in [6.45, 7) is 7.02. The maximum Gasteiger partial charge on any atom is 0.127 e. The van der Waals surface area contributed by atoms with Gasteiger partial charge in [-0.3, -0.25) is 0 Å². The minimum Gasteiger partial charge on any atom is -0.496 e. The Morgan fingerprint density at radius 3 is 2.18 bits per heavy atom. The molecule has 0 atom stereocenters. The molecule has 2 N–H and O–H groups in total. The summed E-state index contributed by atoms with van der Waals surface area (Å²) in [5.74, 6) is 0.843. The number of rotatable bonds is 2. The van der Waals surface area contributed by atoms with Crippen LogP contribution in [0, 0.1) is 20.8 Å². The average molecular weight is 256 g/mol. The average Bonchev–Trinajstić information content (AvgIpc) is 2.28. The van der Waals surface area contributed by atoms with E-state index in [1.807, 2.05) is 20.8 Å². The molecule has 4 heteroatoms. The van der Waals surface area contributed by atoms with E-state index in [2.05, 4.69) is 0 Å². The number of halogens is 1. The predicted molar refractivity (Wildman–Crippen MR) is 68.9 cm³/mol. The summed E-state index contributed by atoms with van der Waals surface area (Å²) in [6, 6.07) is 0. The lowest BCUT2D eigenvalue weighted by Gasteiger charge is -2.40. The van der Waals surface area contributed by atoms with E-state index in [0.717, 1.165) is 33.0 Å². The Kier molecular flexibility index (Phi) is 3.10. The van der Waals surface area contributed by atoms with Crippen molar-refractivity contribution in [3.63, 3.8) is 0 Å². The molecule has 0 radical (unpaired) electrons. The van der Waals surface area contributed by atoms with Crippen molar-refractivity contribution >= 4 is 11.6 Å². The summed E-state index contributed by atoms with van der Waals surface area (Å²) < 4.78 is 10.8. The Morgan fingerprint density at radius 1 is 1.18 bits per heavy atom. The van der Waals surface area contributed by atoms with Crippen molar-refractivity contribution in [3.8, 4) is 5.75 Å². The zero-order valence-corrected chi connectivity index (χ0v) is 11.4. The number of nitrogens with two attached hydrogens (primary N) is 1. The summed E-state index contributed by atoms with van der Waals surface area (Å²) in [4.78, 5) is 0. The van der Waals surface area contributed by atoms with Crippen LogP contribution in [0.3, 0.4) is 0 Å². The largest absolute Gasteiger partial charge is 0.496 e. The van der Waals surface area contributed by atoms with E-state index in [4.69, 9.17) is 26.8 Å². The van der Waals surface area contributed by atoms with E-state index >= 15 is 0 Å². The van der Waals surface area contributed by atoms with Crippen molar-refractivity contribution in [2.24, 2.45) is 5.73 Å². The second-order valence-corrected chi connectivity index (χ2v) is 5.12. The maximum absolute atomic E-state index is 6.35. The lowest BCUT2D eigenvalue weighted by atomic mass is 9.83. The van der Waals surface area contributed by atoms with Crippen molar-refractivity contribution in [3.05, 3.63) is 27.3 Å². The zero-order chi connectivity index (χ0) is 12.8. The number of hydrogen-bond donors (Lipinski definition) is 1. The Balaban J connectivity index is 2.72. The third-order valence-electron chi connectivity index (χ3n) is 3.58. The maximum atomic E-state index is 6.35. The first-order valence-corrected chi connectivity index (χ1v) is 6.00. The van der Waals surface area contributed by atoms with Gasteiger partial charge in [0.15, 0.2) is 0 Å². The SMILES string of the molecule is COc1c(C)c(C)c(Cl)c(C)c1C1(N)COC1. The monoisotopic (exact) mass is 255 g/mol. The standard InChI is InChI=1S/C13H18ClNO2/c1-7-8(2)12(16-4)10(9(3)11(7)14)13(15)5-17-6-13/h5-6,15H2,1-4H3. The molecular weight excluding hydrogens is 238 g/mol. The summed E-state index contributed by atoms with van der Waals surface area (Å²) in [6.07, 6.45) is 0. The fourth-order valence-corrected chi connectivity index (χ4v) is 2.64. The highest BCUT2D eigenvalue weighted by atomic mass is 35.5. The molecule has 0 aliphatic carbocycles. The molecule has 1 aromatic carbocycles. The fourth-order valence-electron chi connectivity index (χ4n) is 2.40. The Hall–Kier alpha value is -0.770. The van der Waals surface area contributed by atoms with Crippen LogP contribution in [-0.2, 0) is 10.3 Å². The van der Waals surface area contributed by atoms with Crippen molar-refractivity contribution in [2.45, 2.75) is 26.3 Å². The van der Waals surface area contributed by atoms with Crippen molar-refractivity contribution in [2.75, 3.05) is 20.3 Å². The topological polar surface area (TPSA) is 44.5 Å². The summed E-state index contributed by atoms with van der Waals surface area (Å²) >= 11 is 6.35. The number of hydrogen-bond acceptors (Lipinski definition) is 3. The highest BCUT2D eigenvalue weighted by Gasteiger charge is 2.41. The molecule has 0 spiro atoms. The molecule has 0 bridgehead atoms. The molecule has 0 saturated carbocycles. The molecule has 2 rings (SSSR count). The highest BCUT2D eigenvalue weighted by Crippen LogP contribution is 2.42. The minimum atomic E-state index is -0.461. The van der Waals surface area contributed by atoms with Crippen molar-refractivity contribution in [1.82, 2.24) is 0 Å². The van der Waals surface area contributed by atoms with Crippen LogP contribution in [0.2, 0.25) is 5.02 Å². The minimum absolute atomic E-state index is 0.461. The van der Waals surface area contributed by atoms with Crippen LogP contribution in [0.5, 0.6) is 5.75 Å². The molecule has 1 aliphatic rings. The Labute approximate surface area is 107 Å². The normalized spacial score (nSPS) is 17.8. The Bertz CT molecular complexity index is 467. The molecule has 1 aliphatic heterocycles. The van der Waals surface area contributed by atoms with E-state index in [1.165, 1.54) is 0 Å². The number of ether oxygens (including phenoxy) is 2. The molecule has 0 unspecified atom stereocenters. The molecule has 0 aromatic heterocycles.